The molecule has 1 saturated heterocycles. The molecule has 0 spiro atoms. The molecule has 3 atom stereocenters. The van der Waals surface area contributed by atoms with E-state index in [1.807, 2.05) is 13.0 Å². The Morgan fingerprint density at radius 1 is 1.24 bits per heavy atom. The molecule has 1 aliphatic heterocycles. The van der Waals surface area contributed by atoms with Crippen LogP contribution in [-0.4, -0.2) is 37.5 Å². The van der Waals surface area contributed by atoms with Gasteiger partial charge in [-0.3, -0.25) is 0 Å². The summed E-state index contributed by atoms with van der Waals surface area (Å²) in [5, 5.41) is 10.2. The molecule has 0 amide bonds. The number of aryl methyl sites for hydroxylation is 2. The average molecular weight is 292 g/mol. The zero-order chi connectivity index (χ0) is 15.4. The Kier molecular flexibility index (Phi) is 5.65. The second kappa shape index (κ2) is 7.28. The number of ether oxygens (including phenoxy) is 1. The standard InChI is InChI=1S/C18H29NO2/c1-13-5-6-16(4)18(8-13)21-12-17(20)11-19-9-14(2)7-15(3)10-19/h5-6,8,14-15,17,20H,7,9-12H2,1-4H3/p+1/t14-,15-,17-/m0/s1. The first kappa shape index (κ1) is 16.3. The summed E-state index contributed by atoms with van der Waals surface area (Å²) >= 11 is 0. The van der Waals surface area contributed by atoms with Gasteiger partial charge >= 0.3 is 0 Å². The van der Waals surface area contributed by atoms with Gasteiger partial charge in [0.05, 0.1) is 13.1 Å². The summed E-state index contributed by atoms with van der Waals surface area (Å²) in [5.74, 6) is 2.41. The smallest absolute Gasteiger partial charge is 0.137 e. The van der Waals surface area contributed by atoms with Crippen LogP contribution < -0.4 is 9.64 Å². The third-order valence-electron chi connectivity index (χ3n) is 4.38. The Bertz CT molecular complexity index is 451. The molecule has 118 valence electrons. The van der Waals surface area contributed by atoms with Crippen molar-refractivity contribution < 1.29 is 14.7 Å². The highest BCUT2D eigenvalue weighted by atomic mass is 16.5. The summed E-state index contributed by atoms with van der Waals surface area (Å²) in [7, 11) is 0. The fourth-order valence-corrected chi connectivity index (χ4v) is 3.53. The first-order valence-electron chi connectivity index (χ1n) is 8.15. The van der Waals surface area contributed by atoms with Crippen molar-refractivity contribution in [3.63, 3.8) is 0 Å². The van der Waals surface area contributed by atoms with E-state index in [4.69, 9.17) is 4.74 Å². The highest BCUT2D eigenvalue weighted by Crippen LogP contribution is 2.19. The van der Waals surface area contributed by atoms with Gasteiger partial charge in [-0.2, -0.15) is 0 Å². The molecule has 2 N–H and O–H groups in total. The maximum atomic E-state index is 10.2. The van der Waals surface area contributed by atoms with E-state index in [0.717, 1.165) is 29.7 Å². The van der Waals surface area contributed by atoms with Crippen LogP contribution in [0.3, 0.4) is 0 Å². The van der Waals surface area contributed by atoms with E-state index in [1.165, 1.54) is 30.0 Å². The van der Waals surface area contributed by atoms with Crippen molar-refractivity contribution >= 4 is 0 Å². The molecule has 3 nitrogen and oxygen atoms in total. The summed E-state index contributed by atoms with van der Waals surface area (Å²) in [6.07, 6.45) is 0.927. The van der Waals surface area contributed by atoms with Crippen LogP contribution in [0.2, 0.25) is 0 Å². The van der Waals surface area contributed by atoms with Crippen LogP contribution in [0.5, 0.6) is 5.75 Å². The van der Waals surface area contributed by atoms with Crippen molar-refractivity contribution in [2.45, 2.75) is 40.2 Å². The second-order valence-electron chi connectivity index (χ2n) is 7.04. The van der Waals surface area contributed by atoms with Gasteiger partial charge in [0, 0.05) is 11.8 Å². The van der Waals surface area contributed by atoms with Crippen LogP contribution in [0.25, 0.3) is 0 Å². The van der Waals surface area contributed by atoms with Gasteiger partial charge < -0.3 is 14.7 Å². The lowest BCUT2D eigenvalue weighted by molar-refractivity contribution is -0.915. The Morgan fingerprint density at radius 2 is 1.90 bits per heavy atom. The first-order valence-corrected chi connectivity index (χ1v) is 8.15. The minimum absolute atomic E-state index is 0.385. The summed E-state index contributed by atoms with van der Waals surface area (Å²) in [5.41, 5.74) is 2.31. The third kappa shape index (κ3) is 5.01. The molecule has 1 fully saturated rings. The summed E-state index contributed by atoms with van der Waals surface area (Å²) < 4.78 is 5.81. The minimum Gasteiger partial charge on any atom is -0.490 e. The molecule has 1 heterocycles. The highest BCUT2D eigenvalue weighted by molar-refractivity contribution is 5.35. The van der Waals surface area contributed by atoms with Crippen LogP contribution in [-0.2, 0) is 0 Å². The molecular weight excluding hydrogens is 262 g/mol. The van der Waals surface area contributed by atoms with Crippen LogP contribution >= 0.6 is 0 Å². The van der Waals surface area contributed by atoms with Crippen molar-refractivity contribution in [3.8, 4) is 5.75 Å². The molecule has 0 bridgehead atoms. The quantitative estimate of drug-likeness (QED) is 0.864. The first-order chi connectivity index (χ1) is 9.94. The molecule has 1 aliphatic rings. The van der Waals surface area contributed by atoms with Crippen molar-refractivity contribution in [3.05, 3.63) is 29.3 Å². The lowest BCUT2D eigenvalue weighted by Crippen LogP contribution is -3.15. The molecule has 0 unspecified atom stereocenters. The normalized spacial score (nSPS) is 27.4. The molecule has 2 rings (SSSR count). The largest absolute Gasteiger partial charge is 0.490 e. The zero-order valence-electron chi connectivity index (χ0n) is 13.9. The Morgan fingerprint density at radius 3 is 2.57 bits per heavy atom. The number of rotatable bonds is 5. The number of quaternary nitrogens is 1. The average Bonchev–Trinajstić information content (AvgIpc) is 2.38. The Balaban J connectivity index is 1.81. The van der Waals surface area contributed by atoms with Crippen LogP contribution in [0.15, 0.2) is 18.2 Å². The number of hydrogen-bond donors (Lipinski definition) is 2. The number of likely N-dealkylation sites (tertiary alicyclic amines) is 1. The van der Waals surface area contributed by atoms with Gasteiger partial charge in [-0.15, -0.1) is 0 Å². The maximum Gasteiger partial charge on any atom is 0.137 e. The molecule has 1 aromatic rings. The number of nitrogens with one attached hydrogen (secondary N) is 1. The monoisotopic (exact) mass is 292 g/mol. The predicted octanol–water partition coefficient (Wildman–Crippen LogP) is 1.60. The van der Waals surface area contributed by atoms with Crippen LogP contribution in [0, 0.1) is 25.7 Å². The van der Waals surface area contributed by atoms with E-state index in [9.17, 15) is 5.11 Å². The van der Waals surface area contributed by atoms with E-state index in [2.05, 4.69) is 32.9 Å². The van der Waals surface area contributed by atoms with Gasteiger partial charge in [0.1, 0.15) is 25.0 Å². The van der Waals surface area contributed by atoms with Gasteiger partial charge in [-0.05, 0) is 37.5 Å². The molecule has 0 radical (unpaired) electrons. The fourth-order valence-electron chi connectivity index (χ4n) is 3.53. The highest BCUT2D eigenvalue weighted by Gasteiger charge is 2.26. The number of piperidine rings is 1. The van der Waals surface area contributed by atoms with E-state index in [1.54, 1.807) is 0 Å². The molecule has 3 heteroatoms. The molecular formula is C18H30NO2+. The third-order valence-corrected chi connectivity index (χ3v) is 4.38. The van der Waals surface area contributed by atoms with Gasteiger partial charge in [0.25, 0.3) is 0 Å². The number of hydrogen-bond acceptors (Lipinski definition) is 2. The molecule has 0 saturated carbocycles. The number of aliphatic hydroxyl groups excluding tert-OH is 1. The zero-order valence-corrected chi connectivity index (χ0v) is 13.9. The van der Waals surface area contributed by atoms with Crippen LogP contribution in [0.4, 0.5) is 0 Å². The Hall–Kier alpha value is -1.06. The fraction of sp³-hybridized carbons (Fsp3) is 0.667. The Labute approximate surface area is 128 Å². The number of aliphatic hydroxyl groups is 1. The summed E-state index contributed by atoms with van der Waals surface area (Å²) in [4.78, 5) is 1.51. The van der Waals surface area contributed by atoms with Gasteiger partial charge in [-0.1, -0.05) is 26.0 Å². The van der Waals surface area contributed by atoms with E-state index in [-0.39, 0.29) is 0 Å². The van der Waals surface area contributed by atoms with Gasteiger partial charge in [0.15, 0.2) is 0 Å². The second-order valence-corrected chi connectivity index (χ2v) is 7.04. The summed E-state index contributed by atoms with van der Waals surface area (Å²) in [6.45, 7) is 12.2. The van der Waals surface area contributed by atoms with E-state index < -0.39 is 6.10 Å². The lowest BCUT2D eigenvalue weighted by atomic mass is 9.92. The molecule has 1 aromatic carbocycles. The predicted molar refractivity (Wildman–Crippen MR) is 85.9 cm³/mol. The van der Waals surface area contributed by atoms with Crippen molar-refractivity contribution in [1.29, 1.82) is 0 Å². The van der Waals surface area contributed by atoms with Crippen molar-refractivity contribution in [2.75, 3.05) is 26.2 Å². The lowest BCUT2D eigenvalue weighted by Gasteiger charge is -2.33. The maximum absolute atomic E-state index is 10.2. The molecule has 0 aromatic heterocycles. The van der Waals surface area contributed by atoms with E-state index >= 15 is 0 Å². The van der Waals surface area contributed by atoms with Gasteiger partial charge in [-0.25, -0.2) is 0 Å². The molecule has 21 heavy (non-hydrogen) atoms. The van der Waals surface area contributed by atoms with Crippen molar-refractivity contribution in [1.82, 2.24) is 0 Å². The number of benzene rings is 1. The van der Waals surface area contributed by atoms with Crippen molar-refractivity contribution in [2.24, 2.45) is 11.8 Å². The summed E-state index contributed by atoms with van der Waals surface area (Å²) in [6, 6.07) is 6.19. The minimum atomic E-state index is -0.391. The van der Waals surface area contributed by atoms with E-state index in [0.29, 0.717) is 6.61 Å². The molecule has 0 aliphatic carbocycles. The van der Waals surface area contributed by atoms with Gasteiger partial charge in [0.2, 0.25) is 0 Å². The topological polar surface area (TPSA) is 33.9 Å². The van der Waals surface area contributed by atoms with Crippen LogP contribution in [0.1, 0.15) is 31.4 Å². The SMILES string of the molecule is Cc1ccc(C)c(OC[C@@H](O)C[NH+]2C[C@@H](C)C[C@H](C)C2)c1.